The molecule has 21 heavy (non-hydrogen) atoms. The Morgan fingerprint density at radius 2 is 1.86 bits per heavy atom. The number of H-pyrrole nitrogens is 1. The third kappa shape index (κ3) is 3.16. The van der Waals surface area contributed by atoms with Crippen LogP contribution in [-0.4, -0.2) is 26.5 Å². The molecule has 2 heterocycles. The molecule has 6 heteroatoms. The minimum atomic E-state index is -0.264. The first-order valence-electron chi connectivity index (χ1n) is 6.80. The van der Waals surface area contributed by atoms with Crippen molar-refractivity contribution < 1.29 is 4.39 Å². The number of fused-ring (bicyclic) bond motifs is 1. The van der Waals surface area contributed by atoms with Crippen molar-refractivity contribution in [2.45, 2.75) is 20.3 Å². The number of halogens is 1. The van der Waals surface area contributed by atoms with Crippen LogP contribution in [0.3, 0.4) is 0 Å². The molecule has 0 spiro atoms. The van der Waals surface area contributed by atoms with E-state index in [2.05, 4.69) is 25.3 Å². The maximum atomic E-state index is 13.1. The van der Waals surface area contributed by atoms with Gasteiger partial charge in [0.15, 0.2) is 0 Å². The molecule has 0 atom stereocenters. The van der Waals surface area contributed by atoms with E-state index in [-0.39, 0.29) is 5.82 Å². The van der Waals surface area contributed by atoms with Gasteiger partial charge in [0.05, 0.1) is 11.0 Å². The van der Waals surface area contributed by atoms with E-state index in [0.717, 1.165) is 22.7 Å². The van der Waals surface area contributed by atoms with Crippen LogP contribution in [0, 0.1) is 19.7 Å². The number of aromatic nitrogens is 4. The predicted octanol–water partition coefficient (Wildman–Crippen LogP) is 2.76. The van der Waals surface area contributed by atoms with Crippen molar-refractivity contribution in [1.82, 2.24) is 19.9 Å². The molecule has 0 bridgehead atoms. The molecule has 1 aromatic carbocycles. The minimum Gasteiger partial charge on any atom is -0.354 e. The summed E-state index contributed by atoms with van der Waals surface area (Å²) in [7, 11) is 0. The molecule has 3 rings (SSSR count). The average molecular weight is 285 g/mol. The minimum absolute atomic E-state index is 0.264. The van der Waals surface area contributed by atoms with Gasteiger partial charge in [0, 0.05) is 24.4 Å². The first kappa shape index (κ1) is 13.5. The maximum absolute atomic E-state index is 13.1. The van der Waals surface area contributed by atoms with Crippen LogP contribution >= 0.6 is 0 Å². The van der Waals surface area contributed by atoms with E-state index >= 15 is 0 Å². The Kier molecular flexibility index (Phi) is 3.51. The molecular weight excluding hydrogens is 269 g/mol. The van der Waals surface area contributed by atoms with Crippen LogP contribution in [0.2, 0.25) is 0 Å². The van der Waals surface area contributed by atoms with Crippen molar-refractivity contribution in [3.63, 3.8) is 0 Å². The molecule has 0 aliphatic rings. The summed E-state index contributed by atoms with van der Waals surface area (Å²) in [5.74, 6) is 1.17. The Balaban J connectivity index is 1.66. The topological polar surface area (TPSA) is 66.5 Å². The van der Waals surface area contributed by atoms with Crippen LogP contribution in [0.15, 0.2) is 24.3 Å². The molecule has 0 amide bonds. The highest BCUT2D eigenvalue weighted by Gasteiger charge is 2.04. The first-order chi connectivity index (χ1) is 10.1. The first-order valence-corrected chi connectivity index (χ1v) is 6.80. The van der Waals surface area contributed by atoms with E-state index in [1.165, 1.54) is 12.1 Å². The number of aryl methyl sites for hydroxylation is 2. The zero-order valence-corrected chi connectivity index (χ0v) is 11.9. The summed E-state index contributed by atoms with van der Waals surface area (Å²) >= 11 is 0. The monoisotopic (exact) mass is 285 g/mol. The number of nitrogens with zero attached hydrogens (tertiary/aromatic N) is 3. The fraction of sp³-hybridized carbons (Fsp3) is 0.267. The van der Waals surface area contributed by atoms with Gasteiger partial charge in [-0.15, -0.1) is 0 Å². The SMILES string of the molecule is Cc1cc(C)nc(NCCc2nc3ccc(F)cc3[nH]2)n1. The molecule has 0 aliphatic heterocycles. The Hall–Kier alpha value is -2.50. The predicted molar refractivity (Wildman–Crippen MR) is 79.8 cm³/mol. The second-order valence-electron chi connectivity index (χ2n) is 5.00. The fourth-order valence-corrected chi connectivity index (χ4v) is 2.25. The van der Waals surface area contributed by atoms with E-state index in [1.54, 1.807) is 6.07 Å². The summed E-state index contributed by atoms with van der Waals surface area (Å²) in [6.07, 6.45) is 0.687. The number of hydrogen-bond acceptors (Lipinski definition) is 4. The summed E-state index contributed by atoms with van der Waals surface area (Å²) in [4.78, 5) is 16.2. The molecular formula is C15H16FN5. The summed E-state index contributed by atoms with van der Waals surface area (Å²) < 4.78 is 13.1. The molecule has 0 aliphatic carbocycles. The molecule has 0 unspecified atom stereocenters. The lowest BCUT2D eigenvalue weighted by molar-refractivity contribution is 0.629. The van der Waals surface area contributed by atoms with Crippen molar-refractivity contribution in [2.24, 2.45) is 0 Å². The number of imidazole rings is 1. The third-order valence-electron chi connectivity index (χ3n) is 3.12. The van der Waals surface area contributed by atoms with Crippen LogP contribution in [0.1, 0.15) is 17.2 Å². The van der Waals surface area contributed by atoms with Crippen LogP contribution in [0.25, 0.3) is 11.0 Å². The van der Waals surface area contributed by atoms with Gasteiger partial charge in [-0.25, -0.2) is 19.3 Å². The molecule has 0 radical (unpaired) electrons. The zero-order valence-electron chi connectivity index (χ0n) is 11.9. The van der Waals surface area contributed by atoms with E-state index in [4.69, 9.17) is 0 Å². The van der Waals surface area contributed by atoms with Crippen molar-refractivity contribution >= 4 is 17.0 Å². The lowest BCUT2D eigenvalue weighted by Gasteiger charge is -2.05. The van der Waals surface area contributed by atoms with Gasteiger partial charge in [-0.3, -0.25) is 0 Å². The Bertz CT molecular complexity index is 761. The third-order valence-corrected chi connectivity index (χ3v) is 3.12. The Morgan fingerprint density at radius 3 is 2.62 bits per heavy atom. The van der Waals surface area contributed by atoms with E-state index in [0.29, 0.717) is 24.4 Å². The quantitative estimate of drug-likeness (QED) is 0.773. The van der Waals surface area contributed by atoms with Crippen molar-refractivity contribution in [3.05, 3.63) is 47.3 Å². The number of benzene rings is 1. The molecule has 5 nitrogen and oxygen atoms in total. The van der Waals surface area contributed by atoms with Crippen molar-refractivity contribution in [3.8, 4) is 0 Å². The van der Waals surface area contributed by atoms with Crippen LogP contribution in [0.5, 0.6) is 0 Å². The zero-order chi connectivity index (χ0) is 14.8. The highest BCUT2D eigenvalue weighted by atomic mass is 19.1. The number of nitrogens with one attached hydrogen (secondary N) is 2. The number of anilines is 1. The van der Waals surface area contributed by atoms with E-state index in [9.17, 15) is 4.39 Å². The lowest BCUT2D eigenvalue weighted by Crippen LogP contribution is -2.09. The van der Waals surface area contributed by atoms with Gasteiger partial charge in [-0.1, -0.05) is 0 Å². The van der Waals surface area contributed by atoms with Gasteiger partial charge in [-0.05, 0) is 38.1 Å². The van der Waals surface area contributed by atoms with Crippen LogP contribution < -0.4 is 5.32 Å². The van der Waals surface area contributed by atoms with Gasteiger partial charge in [0.1, 0.15) is 11.6 Å². The highest BCUT2D eigenvalue weighted by molar-refractivity contribution is 5.74. The molecule has 0 saturated heterocycles. The number of hydrogen-bond donors (Lipinski definition) is 2. The second-order valence-corrected chi connectivity index (χ2v) is 5.00. The summed E-state index contributed by atoms with van der Waals surface area (Å²) in [5, 5.41) is 3.17. The van der Waals surface area contributed by atoms with Crippen LogP contribution in [0.4, 0.5) is 10.3 Å². The standard InChI is InChI=1S/C15H16FN5/c1-9-7-10(2)19-15(18-9)17-6-5-14-20-12-4-3-11(16)8-13(12)21-14/h3-4,7-8H,5-6H2,1-2H3,(H,20,21)(H,17,18,19). The Morgan fingerprint density at radius 1 is 1.10 bits per heavy atom. The summed E-state index contributed by atoms with van der Waals surface area (Å²) in [5.41, 5.74) is 3.36. The fourth-order valence-electron chi connectivity index (χ4n) is 2.25. The van der Waals surface area contributed by atoms with Crippen molar-refractivity contribution in [2.75, 3.05) is 11.9 Å². The summed E-state index contributed by atoms with van der Waals surface area (Å²) in [6.45, 7) is 4.53. The van der Waals surface area contributed by atoms with Gasteiger partial charge in [0.25, 0.3) is 0 Å². The largest absolute Gasteiger partial charge is 0.354 e. The molecule has 2 N–H and O–H groups in total. The molecule has 0 saturated carbocycles. The molecule has 108 valence electrons. The number of aromatic amines is 1. The average Bonchev–Trinajstić information content (AvgIpc) is 2.79. The highest BCUT2D eigenvalue weighted by Crippen LogP contribution is 2.13. The van der Waals surface area contributed by atoms with Gasteiger partial charge >= 0.3 is 0 Å². The Labute approximate surface area is 121 Å². The van der Waals surface area contributed by atoms with E-state index in [1.807, 2.05) is 19.9 Å². The van der Waals surface area contributed by atoms with E-state index < -0.39 is 0 Å². The molecule has 2 aromatic heterocycles. The normalized spacial score (nSPS) is 11.0. The molecule has 3 aromatic rings. The van der Waals surface area contributed by atoms with Gasteiger partial charge < -0.3 is 10.3 Å². The second kappa shape index (κ2) is 5.47. The molecule has 0 fully saturated rings. The van der Waals surface area contributed by atoms with Crippen LogP contribution in [-0.2, 0) is 6.42 Å². The lowest BCUT2D eigenvalue weighted by atomic mass is 10.3. The summed E-state index contributed by atoms with van der Waals surface area (Å²) in [6, 6.07) is 6.46. The van der Waals surface area contributed by atoms with Gasteiger partial charge in [0.2, 0.25) is 5.95 Å². The van der Waals surface area contributed by atoms with Crippen molar-refractivity contribution in [1.29, 1.82) is 0 Å². The smallest absolute Gasteiger partial charge is 0.223 e. The number of rotatable bonds is 4. The van der Waals surface area contributed by atoms with Gasteiger partial charge in [-0.2, -0.15) is 0 Å². The maximum Gasteiger partial charge on any atom is 0.223 e.